The zero-order valence-corrected chi connectivity index (χ0v) is 11.6. The van der Waals surface area contributed by atoms with Crippen molar-refractivity contribution in [1.82, 2.24) is 9.88 Å². The molecule has 0 radical (unpaired) electrons. The molecule has 1 aromatic rings. The summed E-state index contributed by atoms with van der Waals surface area (Å²) >= 11 is 0. The first-order chi connectivity index (χ1) is 9.10. The number of nitrogens with one attached hydrogen (secondary N) is 1. The molecule has 0 saturated carbocycles. The van der Waals surface area contributed by atoms with E-state index in [1.165, 1.54) is 11.0 Å². The zero-order valence-electron chi connectivity index (χ0n) is 11.6. The highest BCUT2D eigenvalue weighted by Crippen LogP contribution is 2.15. The lowest BCUT2D eigenvalue weighted by Gasteiger charge is -2.18. The number of methoxy groups -OCH3 is 1. The first-order valence-corrected chi connectivity index (χ1v) is 6.24. The molecule has 1 N–H and O–H groups in total. The molecule has 0 unspecified atom stereocenters. The van der Waals surface area contributed by atoms with Crippen LogP contribution in [-0.2, 0) is 4.74 Å². The van der Waals surface area contributed by atoms with Crippen LogP contribution in [-0.4, -0.2) is 49.6 Å². The van der Waals surface area contributed by atoms with Gasteiger partial charge in [0, 0.05) is 33.9 Å². The topological polar surface area (TPSA) is 54.5 Å². The second kappa shape index (κ2) is 7.68. The Morgan fingerprint density at radius 3 is 2.95 bits per heavy atom. The molecule has 19 heavy (non-hydrogen) atoms. The van der Waals surface area contributed by atoms with Crippen LogP contribution in [0.1, 0.15) is 23.7 Å². The molecule has 0 aromatic carbocycles. The number of hydrogen-bond donors (Lipinski definition) is 1. The van der Waals surface area contributed by atoms with Crippen LogP contribution in [0.3, 0.4) is 0 Å². The standard InChI is InChI=1S/C13H20FN3O2/c1-4-15-12-11(8-10(14)9-16-12)13(18)17(2)6-5-7-19-3/h8-9H,4-7H2,1-3H3,(H,15,16). The fraction of sp³-hybridized carbons (Fsp3) is 0.538. The SMILES string of the molecule is CCNc1ncc(F)cc1C(=O)N(C)CCCOC. The van der Waals surface area contributed by atoms with Crippen LogP contribution >= 0.6 is 0 Å². The van der Waals surface area contributed by atoms with E-state index in [1.54, 1.807) is 14.2 Å². The van der Waals surface area contributed by atoms with E-state index in [1.807, 2.05) is 6.92 Å². The Bertz CT molecular complexity index is 426. The Balaban J connectivity index is 2.81. The lowest BCUT2D eigenvalue weighted by atomic mass is 10.2. The van der Waals surface area contributed by atoms with Crippen molar-refractivity contribution < 1.29 is 13.9 Å². The average Bonchev–Trinajstić information content (AvgIpc) is 2.40. The monoisotopic (exact) mass is 269 g/mol. The molecule has 0 saturated heterocycles. The fourth-order valence-corrected chi connectivity index (χ4v) is 1.66. The van der Waals surface area contributed by atoms with Gasteiger partial charge in [0.25, 0.3) is 5.91 Å². The summed E-state index contributed by atoms with van der Waals surface area (Å²) in [5.41, 5.74) is 0.252. The summed E-state index contributed by atoms with van der Waals surface area (Å²) in [5, 5.41) is 2.96. The maximum atomic E-state index is 13.2. The van der Waals surface area contributed by atoms with Gasteiger partial charge in [-0.25, -0.2) is 9.37 Å². The van der Waals surface area contributed by atoms with E-state index in [0.29, 0.717) is 25.5 Å². The van der Waals surface area contributed by atoms with Gasteiger partial charge in [-0.05, 0) is 19.4 Å². The number of ether oxygens (including phenoxy) is 1. The van der Waals surface area contributed by atoms with Crippen LogP contribution in [0.4, 0.5) is 10.2 Å². The van der Waals surface area contributed by atoms with E-state index in [-0.39, 0.29) is 11.5 Å². The molecule has 1 heterocycles. The summed E-state index contributed by atoms with van der Waals surface area (Å²) in [7, 11) is 3.29. The molecule has 0 aliphatic carbocycles. The third kappa shape index (κ3) is 4.48. The Hall–Kier alpha value is -1.69. The highest BCUT2D eigenvalue weighted by molar-refractivity contribution is 5.98. The summed E-state index contributed by atoms with van der Waals surface area (Å²) in [6.07, 6.45) is 1.83. The van der Waals surface area contributed by atoms with E-state index in [2.05, 4.69) is 10.3 Å². The molecule has 0 fully saturated rings. The van der Waals surface area contributed by atoms with Gasteiger partial charge in [-0.2, -0.15) is 0 Å². The third-order valence-electron chi connectivity index (χ3n) is 2.62. The quantitative estimate of drug-likeness (QED) is 0.766. The Morgan fingerprint density at radius 1 is 1.58 bits per heavy atom. The number of nitrogens with zero attached hydrogens (tertiary/aromatic N) is 2. The first kappa shape index (κ1) is 15.4. The molecule has 1 rings (SSSR count). The number of hydrogen-bond acceptors (Lipinski definition) is 4. The van der Waals surface area contributed by atoms with Crippen molar-refractivity contribution in [1.29, 1.82) is 0 Å². The van der Waals surface area contributed by atoms with Gasteiger partial charge >= 0.3 is 0 Å². The molecule has 106 valence electrons. The molecule has 1 aromatic heterocycles. The maximum absolute atomic E-state index is 13.2. The van der Waals surface area contributed by atoms with Crippen LogP contribution in [0.15, 0.2) is 12.3 Å². The minimum Gasteiger partial charge on any atom is -0.385 e. The first-order valence-electron chi connectivity index (χ1n) is 6.24. The molecule has 0 spiro atoms. The van der Waals surface area contributed by atoms with Crippen LogP contribution < -0.4 is 5.32 Å². The number of rotatable bonds is 7. The second-order valence-electron chi connectivity index (χ2n) is 4.15. The normalized spacial score (nSPS) is 10.3. The Kier molecular flexibility index (Phi) is 6.21. The highest BCUT2D eigenvalue weighted by Gasteiger charge is 2.17. The van der Waals surface area contributed by atoms with Gasteiger partial charge in [0.05, 0.1) is 11.8 Å². The van der Waals surface area contributed by atoms with Crippen molar-refractivity contribution in [2.24, 2.45) is 0 Å². The third-order valence-corrected chi connectivity index (χ3v) is 2.62. The van der Waals surface area contributed by atoms with Gasteiger partial charge in [-0.15, -0.1) is 0 Å². The largest absolute Gasteiger partial charge is 0.385 e. The fourth-order valence-electron chi connectivity index (χ4n) is 1.66. The zero-order chi connectivity index (χ0) is 14.3. The van der Waals surface area contributed by atoms with Gasteiger partial charge in [0.1, 0.15) is 11.6 Å². The van der Waals surface area contributed by atoms with Crippen LogP contribution in [0.2, 0.25) is 0 Å². The summed E-state index contributed by atoms with van der Waals surface area (Å²) < 4.78 is 18.2. The van der Waals surface area contributed by atoms with Crippen LogP contribution in [0, 0.1) is 5.82 Å². The number of pyridine rings is 1. The molecule has 0 aliphatic rings. The number of halogens is 1. The van der Waals surface area contributed by atoms with Gasteiger partial charge < -0.3 is 15.0 Å². The summed E-state index contributed by atoms with van der Waals surface area (Å²) in [6.45, 7) is 3.64. The lowest BCUT2D eigenvalue weighted by molar-refractivity contribution is 0.0779. The predicted octanol–water partition coefficient (Wildman–Crippen LogP) is 1.76. The van der Waals surface area contributed by atoms with Crippen molar-refractivity contribution in [3.8, 4) is 0 Å². The average molecular weight is 269 g/mol. The number of anilines is 1. The molecule has 0 aliphatic heterocycles. The van der Waals surface area contributed by atoms with E-state index in [0.717, 1.165) is 12.6 Å². The minimum atomic E-state index is -0.518. The molecule has 5 nitrogen and oxygen atoms in total. The van der Waals surface area contributed by atoms with E-state index in [4.69, 9.17) is 4.74 Å². The second-order valence-corrected chi connectivity index (χ2v) is 4.15. The number of amides is 1. The molecule has 0 atom stereocenters. The predicted molar refractivity (Wildman–Crippen MR) is 71.8 cm³/mol. The van der Waals surface area contributed by atoms with Gasteiger partial charge in [0.2, 0.25) is 0 Å². The van der Waals surface area contributed by atoms with Gasteiger partial charge in [-0.1, -0.05) is 0 Å². The van der Waals surface area contributed by atoms with Crippen molar-refractivity contribution in [3.63, 3.8) is 0 Å². The summed E-state index contributed by atoms with van der Waals surface area (Å²) in [5.74, 6) is -0.359. The maximum Gasteiger partial charge on any atom is 0.257 e. The van der Waals surface area contributed by atoms with Crippen molar-refractivity contribution in [2.75, 3.05) is 39.2 Å². The molecular weight excluding hydrogens is 249 g/mol. The minimum absolute atomic E-state index is 0.251. The Labute approximate surface area is 112 Å². The summed E-state index contributed by atoms with van der Waals surface area (Å²) in [6, 6.07) is 1.21. The van der Waals surface area contributed by atoms with Crippen LogP contribution in [0.5, 0.6) is 0 Å². The number of carbonyl (C=O) groups excluding carboxylic acids is 1. The van der Waals surface area contributed by atoms with Crippen LogP contribution in [0.25, 0.3) is 0 Å². The van der Waals surface area contributed by atoms with Crippen molar-refractivity contribution >= 4 is 11.7 Å². The molecule has 6 heteroatoms. The van der Waals surface area contributed by atoms with E-state index < -0.39 is 5.82 Å². The Morgan fingerprint density at radius 2 is 2.32 bits per heavy atom. The molecule has 0 bridgehead atoms. The van der Waals surface area contributed by atoms with E-state index >= 15 is 0 Å². The van der Waals surface area contributed by atoms with Crippen molar-refractivity contribution in [3.05, 3.63) is 23.6 Å². The number of aromatic nitrogens is 1. The molecule has 1 amide bonds. The van der Waals surface area contributed by atoms with E-state index in [9.17, 15) is 9.18 Å². The van der Waals surface area contributed by atoms with Crippen molar-refractivity contribution in [2.45, 2.75) is 13.3 Å². The highest BCUT2D eigenvalue weighted by atomic mass is 19.1. The molecular formula is C13H20FN3O2. The van der Waals surface area contributed by atoms with Gasteiger partial charge in [0.15, 0.2) is 0 Å². The lowest BCUT2D eigenvalue weighted by Crippen LogP contribution is -2.29. The summed E-state index contributed by atoms with van der Waals surface area (Å²) in [4.78, 5) is 17.7. The number of carbonyl (C=O) groups is 1. The van der Waals surface area contributed by atoms with Gasteiger partial charge in [-0.3, -0.25) is 4.79 Å². The smallest absolute Gasteiger partial charge is 0.257 e.